The van der Waals surface area contributed by atoms with Crippen LogP contribution in [-0.2, 0) is 22.7 Å². The predicted molar refractivity (Wildman–Crippen MR) is 215 cm³/mol. The number of amides is 2. The minimum Gasteiger partial charge on any atom is -0.480 e. The molecule has 8 rings (SSSR count). The van der Waals surface area contributed by atoms with E-state index in [9.17, 15) is 9.59 Å². The Morgan fingerprint density at radius 3 is 1.39 bits per heavy atom. The molecule has 2 aliphatic heterocycles. The molecular formula is C42H48Cl2N8O4. The summed E-state index contributed by atoms with van der Waals surface area (Å²) in [6.07, 6.45) is 11.3. The number of aromatic nitrogens is 4. The Labute approximate surface area is 337 Å². The van der Waals surface area contributed by atoms with E-state index in [4.69, 9.17) is 52.6 Å². The smallest absolute Gasteiger partial charge is 0.237 e. The molecule has 2 N–H and O–H groups in total. The van der Waals surface area contributed by atoms with E-state index in [1.54, 1.807) is 26.6 Å². The lowest BCUT2D eigenvalue weighted by Gasteiger charge is -2.25. The summed E-state index contributed by atoms with van der Waals surface area (Å²) in [5.41, 5.74) is 5.52. The molecule has 14 heteroatoms. The molecule has 2 atom stereocenters. The highest BCUT2D eigenvalue weighted by Gasteiger charge is 2.31. The zero-order valence-corrected chi connectivity index (χ0v) is 33.4. The highest BCUT2D eigenvalue weighted by molar-refractivity contribution is 6.39. The number of halogens is 2. The standard InChI is InChI=1S/C42H48Cl2N8O4/c1-55-41-35(23-51(19-25-9-10-25)21-27-13-15-37(53)47-27)45-17-33(49-41)31-7-3-5-29(39(31)43)30-6-4-8-32(40(30)44)34-18-46-36(42(50-34)56-2)24-52(20-26-11-12-26)22-28-14-16-38(54)48-28/h3-8,17-18,25-28H,9-16,19-24H2,1-2H3,(H,47,53)(H,48,54)/t27-,28-/m0/s1. The molecule has 0 spiro atoms. The average molecular weight is 800 g/mol. The highest BCUT2D eigenvalue weighted by atomic mass is 35.5. The van der Waals surface area contributed by atoms with Crippen molar-refractivity contribution in [3.8, 4) is 45.4 Å². The van der Waals surface area contributed by atoms with Gasteiger partial charge < -0.3 is 20.1 Å². The molecule has 4 heterocycles. The van der Waals surface area contributed by atoms with E-state index in [1.807, 2.05) is 36.4 Å². The fourth-order valence-corrected chi connectivity index (χ4v) is 8.54. The average Bonchev–Trinajstić information content (AvgIpc) is 4.12. The number of hydrogen-bond donors (Lipinski definition) is 2. The summed E-state index contributed by atoms with van der Waals surface area (Å²) in [5.74, 6) is 2.48. The second-order valence-corrected chi connectivity index (χ2v) is 16.4. The van der Waals surface area contributed by atoms with Crippen LogP contribution < -0.4 is 20.1 Å². The lowest BCUT2D eigenvalue weighted by Crippen LogP contribution is -2.39. The van der Waals surface area contributed by atoms with Gasteiger partial charge in [0.2, 0.25) is 23.6 Å². The summed E-state index contributed by atoms with van der Waals surface area (Å²) in [7, 11) is 3.21. The number of hydrogen-bond acceptors (Lipinski definition) is 10. The Hall–Kier alpha value is -4.36. The number of ether oxygens (including phenoxy) is 2. The summed E-state index contributed by atoms with van der Waals surface area (Å²) in [5, 5.41) is 7.17. The topological polar surface area (TPSA) is 135 Å². The van der Waals surface area contributed by atoms with Crippen molar-refractivity contribution in [1.82, 2.24) is 40.4 Å². The van der Waals surface area contributed by atoms with E-state index in [1.165, 1.54) is 25.7 Å². The predicted octanol–water partition coefficient (Wildman–Crippen LogP) is 6.57. The lowest BCUT2D eigenvalue weighted by molar-refractivity contribution is -0.120. The van der Waals surface area contributed by atoms with Crippen molar-refractivity contribution >= 4 is 35.0 Å². The van der Waals surface area contributed by atoms with Crippen LogP contribution in [0.4, 0.5) is 0 Å². The number of rotatable bonds is 17. The second kappa shape index (κ2) is 17.0. The van der Waals surface area contributed by atoms with Crippen LogP contribution in [0.15, 0.2) is 48.8 Å². The van der Waals surface area contributed by atoms with Crippen LogP contribution in [0.5, 0.6) is 11.8 Å². The van der Waals surface area contributed by atoms with Crippen LogP contribution in [0.3, 0.4) is 0 Å². The molecule has 2 saturated carbocycles. The van der Waals surface area contributed by atoms with Crippen molar-refractivity contribution < 1.29 is 19.1 Å². The quantitative estimate of drug-likeness (QED) is 0.121. The van der Waals surface area contributed by atoms with Crippen molar-refractivity contribution in [3.63, 3.8) is 0 Å². The van der Waals surface area contributed by atoms with Crippen molar-refractivity contribution in [2.24, 2.45) is 11.8 Å². The fourth-order valence-electron chi connectivity index (χ4n) is 7.89. The van der Waals surface area contributed by atoms with E-state index in [-0.39, 0.29) is 23.9 Å². The van der Waals surface area contributed by atoms with Gasteiger partial charge in [-0.2, -0.15) is 0 Å². The van der Waals surface area contributed by atoms with Crippen LogP contribution in [-0.4, -0.2) is 94.0 Å². The maximum absolute atomic E-state index is 11.9. The normalized spacial score (nSPS) is 19.5. The van der Waals surface area contributed by atoms with E-state index in [0.29, 0.717) is 82.1 Å². The third-order valence-electron chi connectivity index (χ3n) is 11.1. The Bertz CT molecular complexity index is 1950. The first-order valence-electron chi connectivity index (χ1n) is 19.7. The number of benzene rings is 2. The highest BCUT2D eigenvalue weighted by Crippen LogP contribution is 2.42. The Kier molecular flexibility index (Phi) is 11.7. The minimum absolute atomic E-state index is 0.119. The first kappa shape index (κ1) is 38.5. The maximum atomic E-state index is 11.9. The van der Waals surface area contributed by atoms with Gasteiger partial charge in [-0.1, -0.05) is 59.6 Å². The van der Waals surface area contributed by atoms with E-state index in [0.717, 1.165) is 61.5 Å². The van der Waals surface area contributed by atoms with Crippen LogP contribution in [0.1, 0.15) is 62.8 Å². The molecule has 4 fully saturated rings. The minimum atomic E-state index is 0.119. The number of nitrogens with one attached hydrogen (secondary N) is 2. The van der Waals surface area contributed by atoms with Crippen LogP contribution in [0.2, 0.25) is 10.0 Å². The second-order valence-electron chi connectivity index (χ2n) is 15.6. The Morgan fingerprint density at radius 2 is 1.04 bits per heavy atom. The number of nitrogens with zero attached hydrogens (tertiary/aromatic N) is 6. The van der Waals surface area contributed by atoms with Crippen molar-refractivity contribution in [3.05, 3.63) is 70.2 Å². The van der Waals surface area contributed by atoms with E-state index < -0.39 is 0 Å². The van der Waals surface area contributed by atoms with Gasteiger partial charge in [-0.15, -0.1) is 0 Å². The lowest BCUT2D eigenvalue weighted by atomic mass is 9.98. The van der Waals surface area contributed by atoms with Gasteiger partial charge >= 0.3 is 0 Å². The molecule has 0 radical (unpaired) electrons. The fraction of sp³-hybridized carbons (Fsp3) is 0.476. The molecule has 12 nitrogen and oxygen atoms in total. The van der Waals surface area contributed by atoms with Crippen LogP contribution >= 0.6 is 23.2 Å². The SMILES string of the molecule is COc1nc(-c2cccc(-c3cccc(-c4cnc(CN(CC5CC5)C[C@@H]5CCC(=O)N5)c(OC)n4)c3Cl)c2Cl)cnc1CN(CC1CC1)C[C@@H]1CCC(=O)N1. The molecule has 2 aliphatic carbocycles. The molecule has 2 amide bonds. The van der Waals surface area contributed by atoms with E-state index in [2.05, 4.69) is 20.4 Å². The first-order chi connectivity index (χ1) is 27.2. The Morgan fingerprint density at radius 1 is 0.625 bits per heavy atom. The molecule has 0 bridgehead atoms. The molecule has 4 aromatic rings. The molecule has 0 unspecified atom stereocenters. The largest absolute Gasteiger partial charge is 0.480 e. The third-order valence-corrected chi connectivity index (χ3v) is 12.0. The van der Waals surface area contributed by atoms with Crippen LogP contribution in [0, 0.1) is 11.8 Å². The van der Waals surface area contributed by atoms with Crippen LogP contribution in [0.25, 0.3) is 33.6 Å². The van der Waals surface area contributed by atoms with Gasteiger partial charge in [0.1, 0.15) is 11.4 Å². The summed E-state index contributed by atoms with van der Waals surface area (Å²) in [6, 6.07) is 11.8. The molecule has 4 aliphatic rings. The Balaban J connectivity index is 1.02. The molecule has 2 saturated heterocycles. The van der Waals surface area contributed by atoms with Crippen molar-refractivity contribution in [2.45, 2.75) is 76.5 Å². The maximum Gasteiger partial charge on any atom is 0.237 e. The molecular weight excluding hydrogens is 751 g/mol. The first-order valence-corrected chi connectivity index (χ1v) is 20.4. The van der Waals surface area contributed by atoms with Gasteiger partial charge in [-0.3, -0.25) is 29.4 Å². The van der Waals surface area contributed by atoms with Gasteiger partial charge in [-0.25, -0.2) is 9.97 Å². The molecule has 2 aromatic heterocycles. The monoisotopic (exact) mass is 798 g/mol. The number of carbonyl (C=O) groups excluding carboxylic acids is 2. The van der Waals surface area contributed by atoms with Gasteiger partial charge in [-0.05, 0) is 50.4 Å². The zero-order chi connectivity index (χ0) is 38.8. The van der Waals surface area contributed by atoms with E-state index >= 15 is 0 Å². The van der Waals surface area contributed by atoms with Gasteiger partial charge in [0.05, 0.1) is 48.0 Å². The summed E-state index contributed by atoms with van der Waals surface area (Å²) < 4.78 is 11.6. The van der Waals surface area contributed by atoms with Gasteiger partial charge in [0, 0.05) is 86.4 Å². The zero-order valence-electron chi connectivity index (χ0n) is 31.9. The van der Waals surface area contributed by atoms with Gasteiger partial charge in [0.25, 0.3) is 0 Å². The van der Waals surface area contributed by atoms with Gasteiger partial charge in [0.15, 0.2) is 0 Å². The third kappa shape index (κ3) is 9.09. The summed E-state index contributed by atoms with van der Waals surface area (Å²) >= 11 is 14.4. The number of carbonyl (C=O) groups is 2. The van der Waals surface area contributed by atoms with Crippen molar-refractivity contribution in [1.29, 1.82) is 0 Å². The molecule has 2 aromatic carbocycles. The molecule has 56 heavy (non-hydrogen) atoms. The molecule has 294 valence electrons. The summed E-state index contributed by atoms with van der Waals surface area (Å²) in [6.45, 7) is 4.59. The number of methoxy groups -OCH3 is 2. The summed E-state index contributed by atoms with van der Waals surface area (Å²) in [4.78, 5) is 47.9. The van der Waals surface area contributed by atoms with Crippen molar-refractivity contribution in [2.75, 3.05) is 40.4 Å².